The summed E-state index contributed by atoms with van der Waals surface area (Å²) in [6, 6.07) is 12.8. The lowest BCUT2D eigenvalue weighted by molar-refractivity contribution is 0.238. The van der Waals surface area contributed by atoms with Crippen LogP contribution >= 0.6 is 0 Å². The summed E-state index contributed by atoms with van der Waals surface area (Å²) >= 11 is 0. The zero-order valence-electron chi connectivity index (χ0n) is 11.9. The summed E-state index contributed by atoms with van der Waals surface area (Å²) in [4.78, 5) is 0. The van der Waals surface area contributed by atoms with Crippen LogP contribution in [0.3, 0.4) is 0 Å². The molecule has 3 nitrogen and oxygen atoms in total. The second-order valence-electron chi connectivity index (χ2n) is 5.04. The Hall–Kier alpha value is -2.07. The molecule has 110 valence electrons. The number of fused-ring (bicyclic) bond motifs is 1. The molecule has 0 saturated heterocycles. The van der Waals surface area contributed by atoms with Crippen LogP contribution in [0.1, 0.15) is 23.6 Å². The summed E-state index contributed by atoms with van der Waals surface area (Å²) < 4.78 is 24.7. The van der Waals surface area contributed by atoms with E-state index >= 15 is 0 Å². The van der Waals surface area contributed by atoms with Crippen molar-refractivity contribution in [3.8, 4) is 11.5 Å². The van der Waals surface area contributed by atoms with Gasteiger partial charge in [0.05, 0.1) is 13.7 Å². The van der Waals surface area contributed by atoms with Gasteiger partial charge in [-0.1, -0.05) is 30.3 Å². The number of hydrogen-bond acceptors (Lipinski definition) is 3. The second-order valence-corrected chi connectivity index (χ2v) is 5.04. The Morgan fingerprint density at radius 3 is 2.90 bits per heavy atom. The molecular formula is C17H18FNO2. The van der Waals surface area contributed by atoms with Crippen molar-refractivity contribution in [3.63, 3.8) is 0 Å². The van der Waals surface area contributed by atoms with E-state index in [0.29, 0.717) is 18.7 Å². The summed E-state index contributed by atoms with van der Waals surface area (Å²) in [7, 11) is 1.63. The first-order chi connectivity index (χ1) is 10.3. The predicted molar refractivity (Wildman–Crippen MR) is 79.1 cm³/mol. The molecule has 4 heteroatoms. The molecule has 2 aromatic rings. The molecule has 1 unspecified atom stereocenters. The first-order valence-corrected chi connectivity index (χ1v) is 7.06. The number of para-hydroxylation sites is 1. The Labute approximate surface area is 123 Å². The second kappa shape index (κ2) is 6.14. The fourth-order valence-corrected chi connectivity index (χ4v) is 2.64. The van der Waals surface area contributed by atoms with Crippen LogP contribution in [0.5, 0.6) is 11.5 Å². The van der Waals surface area contributed by atoms with E-state index in [1.165, 1.54) is 6.07 Å². The van der Waals surface area contributed by atoms with Crippen molar-refractivity contribution < 1.29 is 13.9 Å². The highest BCUT2D eigenvalue weighted by Crippen LogP contribution is 2.39. The van der Waals surface area contributed by atoms with Crippen LogP contribution in [-0.4, -0.2) is 13.7 Å². The Bertz CT molecular complexity index is 630. The molecule has 1 heterocycles. The number of halogens is 1. The Kier molecular flexibility index (Phi) is 4.06. The van der Waals surface area contributed by atoms with Crippen LogP contribution in [0, 0.1) is 5.82 Å². The monoisotopic (exact) mass is 287 g/mol. The maximum atomic E-state index is 13.7. The fourth-order valence-electron chi connectivity index (χ4n) is 2.64. The molecule has 1 N–H and O–H groups in total. The van der Waals surface area contributed by atoms with E-state index < -0.39 is 0 Å². The van der Waals surface area contributed by atoms with Crippen LogP contribution < -0.4 is 14.8 Å². The molecule has 0 radical (unpaired) electrons. The normalized spacial score (nSPS) is 17.0. The van der Waals surface area contributed by atoms with Gasteiger partial charge in [-0.3, -0.25) is 0 Å². The van der Waals surface area contributed by atoms with E-state index in [1.807, 2.05) is 24.3 Å². The van der Waals surface area contributed by atoms with E-state index in [9.17, 15) is 4.39 Å². The van der Waals surface area contributed by atoms with Crippen LogP contribution in [0.4, 0.5) is 4.39 Å². The molecule has 0 fully saturated rings. The molecule has 21 heavy (non-hydrogen) atoms. The third kappa shape index (κ3) is 2.85. The molecule has 0 aliphatic carbocycles. The fraction of sp³-hybridized carbons (Fsp3) is 0.294. The molecule has 0 saturated carbocycles. The van der Waals surface area contributed by atoms with E-state index in [-0.39, 0.29) is 11.9 Å². The molecular weight excluding hydrogens is 269 g/mol. The molecule has 0 spiro atoms. The summed E-state index contributed by atoms with van der Waals surface area (Å²) in [5.41, 5.74) is 1.74. The van der Waals surface area contributed by atoms with Crippen LogP contribution in [0.25, 0.3) is 0 Å². The molecule has 1 aliphatic heterocycles. The van der Waals surface area contributed by atoms with Gasteiger partial charge in [-0.2, -0.15) is 0 Å². The van der Waals surface area contributed by atoms with Crippen LogP contribution in [-0.2, 0) is 6.54 Å². The summed E-state index contributed by atoms with van der Waals surface area (Å²) in [5.74, 6) is 1.35. The zero-order valence-corrected chi connectivity index (χ0v) is 11.9. The van der Waals surface area contributed by atoms with Gasteiger partial charge >= 0.3 is 0 Å². The van der Waals surface area contributed by atoms with Gasteiger partial charge in [-0.25, -0.2) is 4.39 Å². The molecule has 2 aromatic carbocycles. The van der Waals surface area contributed by atoms with Gasteiger partial charge in [-0.15, -0.1) is 0 Å². The van der Waals surface area contributed by atoms with Gasteiger partial charge in [0.15, 0.2) is 11.5 Å². The van der Waals surface area contributed by atoms with Gasteiger partial charge < -0.3 is 14.8 Å². The number of nitrogens with one attached hydrogen (secondary N) is 1. The quantitative estimate of drug-likeness (QED) is 0.934. The van der Waals surface area contributed by atoms with Gasteiger partial charge in [0.2, 0.25) is 0 Å². The molecule has 0 aromatic heterocycles. The average molecular weight is 287 g/mol. The molecule has 1 aliphatic rings. The number of methoxy groups -OCH3 is 1. The van der Waals surface area contributed by atoms with Gasteiger partial charge in [0, 0.05) is 30.1 Å². The maximum Gasteiger partial charge on any atom is 0.165 e. The van der Waals surface area contributed by atoms with E-state index in [1.54, 1.807) is 19.2 Å². The summed E-state index contributed by atoms with van der Waals surface area (Å²) in [5, 5.41) is 3.41. The van der Waals surface area contributed by atoms with Crippen LogP contribution in [0.15, 0.2) is 42.5 Å². The Morgan fingerprint density at radius 1 is 1.24 bits per heavy atom. The molecule has 0 amide bonds. The third-order valence-corrected chi connectivity index (χ3v) is 3.75. The Morgan fingerprint density at radius 2 is 2.10 bits per heavy atom. The number of rotatable bonds is 4. The van der Waals surface area contributed by atoms with Gasteiger partial charge in [0.25, 0.3) is 0 Å². The van der Waals surface area contributed by atoms with Gasteiger partial charge in [-0.05, 0) is 12.1 Å². The van der Waals surface area contributed by atoms with Crippen molar-refractivity contribution in [2.75, 3.05) is 13.7 Å². The summed E-state index contributed by atoms with van der Waals surface area (Å²) in [6.07, 6.45) is 0.856. The van der Waals surface area contributed by atoms with E-state index in [0.717, 1.165) is 23.5 Å². The summed E-state index contributed by atoms with van der Waals surface area (Å²) in [6.45, 7) is 1.12. The van der Waals surface area contributed by atoms with Crippen molar-refractivity contribution in [3.05, 3.63) is 59.4 Å². The number of benzene rings is 2. The lowest BCUT2D eigenvalue weighted by Gasteiger charge is -2.28. The van der Waals surface area contributed by atoms with Crippen molar-refractivity contribution in [1.82, 2.24) is 5.32 Å². The average Bonchev–Trinajstić information content (AvgIpc) is 2.53. The third-order valence-electron chi connectivity index (χ3n) is 3.75. The minimum Gasteiger partial charge on any atom is -0.493 e. The first kappa shape index (κ1) is 13.9. The smallest absolute Gasteiger partial charge is 0.165 e. The minimum atomic E-state index is -0.178. The highest BCUT2D eigenvalue weighted by atomic mass is 19.1. The lowest BCUT2D eigenvalue weighted by atomic mass is 9.99. The Balaban J connectivity index is 1.78. The number of ether oxygens (including phenoxy) is 2. The first-order valence-electron chi connectivity index (χ1n) is 7.06. The molecule has 0 bridgehead atoms. The van der Waals surface area contributed by atoms with Crippen molar-refractivity contribution >= 4 is 0 Å². The molecule has 1 atom stereocenters. The van der Waals surface area contributed by atoms with Crippen molar-refractivity contribution in [2.45, 2.75) is 19.0 Å². The minimum absolute atomic E-state index is 0.142. The topological polar surface area (TPSA) is 30.5 Å². The van der Waals surface area contributed by atoms with Crippen molar-refractivity contribution in [1.29, 1.82) is 0 Å². The van der Waals surface area contributed by atoms with E-state index in [4.69, 9.17) is 9.47 Å². The van der Waals surface area contributed by atoms with Gasteiger partial charge in [0.1, 0.15) is 5.82 Å². The predicted octanol–water partition coefficient (Wildman–Crippen LogP) is 3.45. The highest BCUT2D eigenvalue weighted by Gasteiger charge is 2.23. The SMILES string of the molecule is COc1cccc2c1OCCC2NCc1ccccc1F. The van der Waals surface area contributed by atoms with Crippen LogP contribution in [0.2, 0.25) is 0 Å². The van der Waals surface area contributed by atoms with Crippen molar-refractivity contribution in [2.24, 2.45) is 0 Å². The molecule has 3 rings (SSSR count). The standard InChI is InChI=1S/C17H18FNO2/c1-20-16-8-4-6-13-15(9-10-21-17(13)16)19-11-12-5-2-3-7-14(12)18/h2-8,15,19H,9-11H2,1H3. The highest BCUT2D eigenvalue weighted by molar-refractivity contribution is 5.49. The maximum absolute atomic E-state index is 13.7. The largest absolute Gasteiger partial charge is 0.493 e. The lowest BCUT2D eigenvalue weighted by Crippen LogP contribution is -2.27. The van der Waals surface area contributed by atoms with E-state index in [2.05, 4.69) is 5.32 Å². The zero-order chi connectivity index (χ0) is 14.7. The number of hydrogen-bond donors (Lipinski definition) is 1.